The van der Waals surface area contributed by atoms with Gasteiger partial charge in [-0.25, -0.2) is 0 Å². The van der Waals surface area contributed by atoms with Crippen LogP contribution in [-0.2, 0) is 0 Å². The number of Topliss-reactive ketones (excluding diaryl/α,β-unsaturated/α-hetero) is 2. The van der Waals surface area contributed by atoms with Crippen LogP contribution in [0, 0.1) is 20.8 Å². The van der Waals surface area contributed by atoms with Gasteiger partial charge in [0, 0.05) is 17.8 Å². The fraction of sp³-hybridized carbons (Fsp3) is 0.429. The van der Waals surface area contributed by atoms with Gasteiger partial charge in [-0.15, -0.1) is 0 Å². The summed E-state index contributed by atoms with van der Waals surface area (Å²) in [5, 5.41) is 0. The van der Waals surface area contributed by atoms with Crippen LogP contribution in [-0.4, -0.2) is 47.7 Å². The molecule has 0 aliphatic rings. The SMILES string of the molecule is CC(=O)c1c(C)[nH]c(C(=O)C(C)N(C)CCOc2ccc(C)cc2)c1C. The fourth-order valence-corrected chi connectivity index (χ4v) is 3.07. The lowest BCUT2D eigenvalue weighted by atomic mass is 10.0. The molecule has 0 saturated carbocycles. The van der Waals surface area contributed by atoms with Crippen molar-refractivity contribution in [1.82, 2.24) is 9.88 Å². The summed E-state index contributed by atoms with van der Waals surface area (Å²) in [4.78, 5) is 29.7. The summed E-state index contributed by atoms with van der Waals surface area (Å²) >= 11 is 0. The number of ketones is 2. The van der Waals surface area contributed by atoms with Crippen molar-refractivity contribution in [2.75, 3.05) is 20.2 Å². The normalized spacial score (nSPS) is 12.3. The smallest absolute Gasteiger partial charge is 0.196 e. The number of likely N-dealkylation sites (N-methyl/N-ethyl adjacent to an activating group) is 1. The van der Waals surface area contributed by atoms with Crippen molar-refractivity contribution in [1.29, 1.82) is 0 Å². The Balaban J connectivity index is 1.98. The highest BCUT2D eigenvalue weighted by atomic mass is 16.5. The molecule has 0 fully saturated rings. The molecule has 0 aliphatic carbocycles. The van der Waals surface area contributed by atoms with Crippen LogP contribution in [0.2, 0.25) is 0 Å². The molecule has 0 spiro atoms. The molecule has 2 rings (SSSR count). The molecule has 0 aliphatic heterocycles. The Morgan fingerprint density at radius 2 is 1.77 bits per heavy atom. The number of H-pyrrole nitrogens is 1. The molecule has 5 nitrogen and oxygen atoms in total. The van der Waals surface area contributed by atoms with Crippen LogP contribution in [0.1, 0.15) is 51.5 Å². The van der Waals surface area contributed by atoms with Gasteiger partial charge in [-0.2, -0.15) is 0 Å². The van der Waals surface area contributed by atoms with Crippen molar-refractivity contribution in [2.45, 2.75) is 40.7 Å². The number of carbonyl (C=O) groups is 2. The van der Waals surface area contributed by atoms with Crippen molar-refractivity contribution in [2.24, 2.45) is 0 Å². The zero-order chi connectivity index (χ0) is 19.4. The van der Waals surface area contributed by atoms with Gasteiger partial charge in [0.15, 0.2) is 11.6 Å². The number of rotatable bonds is 8. The molecule has 5 heteroatoms. The minimum absolute atomic E-state index is 0.0177. The second-order valence-corrected chi connectivity index (χ2v) is 6.86. The zero-order valence-corrected chi connectivity index (χ0v) is 16.5. The van der Waals surface area contributed by atoms with Crippen molar-refractivity contribution in [3.63, 3.8) is 0 Å². The number of hydrogen-bond donors (Lipinski definition) is 1. The molecule has 0 radical (unpaired) electrons. The molecule has 140 valence electrons. The quantitative estimate of drug-likeness (QED) is 0.732. The molecular weight excluding hydrogens is 328 g/mol. The Kier molecular flexibility index (Phi) is 6.37. The Morgan fingerprint density at radius 3 is 2.31 bits per heavy atom. The van der Waals surface area contributed by atoms with E-state index >= 15 is 0 Å². The van der Waals surface area contributed by atoms with E-state index < -0.39 is 0 Å². The Labute approximate surface area is 155 Å². The first-order chi connectivity index (χ1) is 12.2. The van der Waals surface area contributed by atoms with Gasteiger partial charge in [0.1, 0.15) is 12.4 Å². The van der Waals surface area contributed by atoms with E-state index in [1.807, 2.05) is 63.9 Å². The third-order valence-electron chi connectivity index (χ3n) is 4.81. The molecule has 2 aromatic rings. The van der Waals surface area contributed by atoms with Crippen molar-refractivity contribution in [3.05, 3.63) is 52.3 Å². The summed E-state index contributed by atoms with van der Waals surface area (Å²) in [5.41, 5.74) is 3.81. The van der Waals surface area contributed by atoms with Gasteiger partial charge < -0.3 is 9.72 Å². The van der Waals surface area contributed by atoms with Crippen LogP contribution in [0.4, 0.5) is 0 Å². The minimum Gasteiger partial charge on any atom is -0.492 e. The summed E-state index contributed by atoms with van der Waals surface area (Å²) in [7, 11) is 1.90. The zero-order valence-electron chi connectivity index (χ0n) is 16.5. The van der Waals surface area contributed by atoms with Crippen LogP contribution in [0.25, 0.3) is 0 Å². The van der Waals surface area contributed by atoms with Gasteiger partial charge in [-0.1, -0.05) is 17.7 Å². The van der Waals surface area contributed by atoms with E-state index in [0.29, 0.717) is 24.4 Å². The van der Waals surface area contributed by atoms with E-state index in [0.717, 1.165) is 17.0 Å². The van der Waals surface area contributed by atoms with Crippen LogP contribution < -0.4 is 4.74 Å². The molecule has 0 amide bonds. The molecule has 1 unspecified atom stereocenters. The molecule has 1 aromatic carbocycles. The molecule has 0 bridgehead atoms. The number of hydrogen-bond acceptors (Lipinski definition) is 4. The van der Waals surface area contributed by atoms with Crippen LogP contribution in [0.5, 0.6) is 5.75 Å². The van der Waals surface area contributed by atoms with Gasteiger partial charge in [-0.05, 0) is 59.4 Å². The first-order valence-corrected chi connectivity index (χ1v) is 8.86. The minimum atomic E-state index is -0.312. The largest absolute Gasteiger partial charge is 0.492 e. The molecule has 0 saturated heterocycles. The maximum absolute atomic E-state index is 12.8. The standard InChI is InChI=1S/C21H28N2O3/c1-13-7-9-18(10-8-13)26-12-11-23(6)16(4)21(25)20-14(2)19(17(5)24)15(3)22-20/h7-10,16,22H,11-12H2,1-6H3. The lowest BCUT2D eigenvalue weighted by Gasteiger charge is -2.23. The number of carbonyl (C=O) groups excluding carboxylic acids is 2. The summed E-state index contributed by atoms with van der Waals surface area (Å²) in [6.45, 7) is 10.2. The molecule has 1 N–H and O–H groups in total. The molecule has 1 heterocycles. The number of aryl methyl sites for hydroxylation is 2. The number of aromatic amines is 1. The monoisotopic (exact) mass is 356 g/mol. The molecule has 1 aromatic heterocycles. The number of nitrogens with zero attached hydrogens (tertiary/aromatic N) is 1. The van der Waals surface area contributed by atoms with Crippen LogP contribution in [0.15, 0.2) is 24.3 Å². The fourth-order valence-electron chi connectivity index (χ4n) is 3.07. The summed E-state index contributed by atoms with van der Waals surface area (Å²) in [6, 6.07) is 7.59. The average molecular weight is 356 g/mol. The Hall–Kier alpha value is -2.40. The Bertz CT molecular complexity index is 790. The topological polar surface area (TPSA) is 62.4 Å². The van der Waals surface area contributed by atoms with E-state index in [1.165, 1.54) is 12.5 Å². The maximum Gasteiger partial charge on any atom is 0.196 e. The second-order valence-electron chi connectivity index (χ2n) is 6.86. The van der Waals surface area contributed by atoms with E-state index in [-0.39, 0.29) is 17.6 Å². The first kappa shape index (κ1) is 19.9. The third kappa shape index (κ3) is 4.41. The number of nitrogens with one attached hydrogen (secondary N) is 1. The molecular formula is C21H28N2O3. The van der Waals surface area contributed by atoms with Gasteiger partial charge in [0.05, 0.1) is 11.7 Å². The highest BCUT2D eigenvalue weighted by Crippen LogP contribution is 2.20. The first-order valence-electron chi connectivity index (χ1n) is 8.86. The summed E-state index contributed by atoms with van der Waals surface area (Å²) in [5.74, 6) is 0.781. The predicted octanol–water partition coefficient (Wildman–Crippen LogP) is 3.72. The third-order valence-corrected chi connectivity index (χ3v) is 4.81. The van der Waals surface area contributed by atoms with E-state index in [1.54, 1.807) is 0 Å². The average Bonchev–Trinajstić information content (AvgIpc) is 2.89. The van der Waals surface area contributed by atoms with Crippen molar-refractivity contribution in [3.8, 4) is 5.75 Å². The number of ether oxygens (including phenoxy) is 1. The van der Waals surface area contributed by atoms with Gasteiger partial charge in [0.25, 0.3) is 0 Å². The van der Waals surface area contributed by atoms with Gasteiger partial charge in [-0.3, -0.25) is 14.5 Å². The summed E-state index contributed by atoms with van der Waals surface area (Å²) in [6.07, 6.45) is 0. The lowest BCUT2D eigenvalue weighted by Crippen LogP contribution is -2.38. The van der Waals surface area contributed by atoms with Crippen LogP contribution in [0.3, 0.4) is 0 Å². The van der Waals surface area contributed by atoms with E-state index in [2.05, 4.69) is 4.98 Å². The van der Waals surface area contributed by atoms with E-state index in [4.69, 9.17) is 4.74 Å². The maximum atomic E-state index is 12.8. The highest BCUT2D eigenvalue weighted by molar-refractivity contribution is 6.05. The van der Waals surface area contributed by atoms with E-state index in [9.17, 15) is 9.59 Å². The predicted molar refractivity (Wildman–Crippen MR) is 103 cm³/mol. The second kappa shape index (κ2) is 8.32. The lowest BCUT2D eigenvalue weighted by molar-refractivity contribution is 0.0848. The number of aromatic nitrogens is 1. The van der Waals surface area contributed by atoms with Gasteiger partial charge >= 0.3 is 0 Å². The summed E-state index contributed by atoms with van der Waals surface area (Å²) < 4.78 is 5.74. The Morgan fingerprint density at radius 1 is 1.15 bits per heavy atom. The molecule has 26 heavy (non-hydrogen) atoms. The van der Waals surface area contributed by atoms with Gasteiger partial charge in [0.2, 0.25) is 0 Å². The van der Waals surface area contributed by atoms with Crippen molar-refractivity contribution >= 4 is 11.6 Å². The van der Waals surface area contributed by atoms with Crippen LogP contribution >= 0.6 is 0 Å². The highest BCUT2D eigenvalue weighted by Gasteiger charge is 2.25. The van der Waals surface area contributed by atoms with Crippen molar-refractivity contribution < 1.29 is 14.3 Å². The molecule has 1 atom stereocenters. The number of benzene rings is 1.